The summed E-state index contributed by atoms with van der Waals surface area (Å²) in [7, 11) is 0. The van der Waals surface area contributed by atoms with E-state index >= 15 is 0 Å². The van der Waals surface area contributed by atoms with Gasteiger partial charge in [-0.15, -0.1) is 0 Å². The van der Waals surface area contributed by atoms with Crippen LogP contribution in [-0.2, 0) is 9.53 Å². The summed E-state index contributed by atoms with van der Waals surface area (Å²) in [4.78, 5) is 16.4. The first-order valence-electron chi connectivity index (χ1n) is 8.39. The van der Waals surface area contributed by atoms with Crippen LogP contribution in [0.5, 0.6) is 11.5 Å². The molecule has 1 aliphatic heterocycles. The molecular weight excluding hydrogens is 366 g/mol. The normalized spacial score (nSPS) is 14.7. The molecule has 0 saturated carbocycles. The van der Waals surface area contributed by atoms with E-state index in [0.29, 0.717) is 35.3 Å². The third-order valence-electron chi connectivity index (χ3n) is 3.64. The first-order valence-corrected chi connectivity index (χ1v) is 8.77. The summed E-state index contributed by atoms with van der Waals surface area (Å²) >= 11 is 5.88. The Morgan fingerprint density at radius 2 is 1.93 bits per heavy atom. The van der Waals surface area contributed by atoms with Gasteiger partial charge in [0.05, 0.1) is 6.61 Å². The van der Waals surface area contributed by atoms with Gasteiger partial charge in [-0.3, -0.25) is 0 Å². The molecule has 0 fully saturated rings. The van der Waals surface area contributed by atoms with Crippen LogP contribution in [0.4, 0.5) is 0 Å². The van der Waals surface area contributed by atoms with E-state index in [0.717, 1.165) is 5.56 Å². The maximum atomic E-state index is 12.2. The summed E-state index contributed by atoms with van der Waals surface area (Å²) in [6, 6.07) is 12.3. The van der Waals surface area contributed by atoms with Gasteiger partial charge in [0.1, 0.15) is 6.61 Å². The summed E-state index contributed by atoms with van der Waals surface area (Å²) in [6.45, 7) is 6.39. The number of benzene rings is 2. The lowest BCUT2D eigenvalue weighted by Gasteiger charge is -2.11. The fourth-order valence-electron chi connectivity index (χ4n) is 2.43. The van der Waals surface area contributed by atoms with Gasteiger partial charge in [-0.25, -0.2) is 9.79 Å². The van der Waals surface area contributed by atoms with E-state index in [1.807, 2.05) is 13.0 Å². The molecule has 0 amide bonds. The number of hydrogen-bond donors (Lipinski definition) is 0. The van der Waals surface area contributed by atoms with Crippen LogP contribution in [0.25, 0.3) is 6.08 Å². The van der Waals surface area contributed by atoms with E-state index in [1.54, 1.807) is 48.6 Å². The molecule has 0 unspecified atom stereocenters. The fraction of sp³-hybridized carbons (Fsp3) is 0.143. The topological polar surface area (TPSA) is 57.1 Å². The van der Waals surface area contributed by atoms with E-state index in [1.165, 1.54) is 0 Å². The molecule has 0 N–H and O–H groups in total. The second-order valence-electron chi connectivity index (χ2n) is 5.58. The molecule has 6 heteroatoms. The van der Waals surface area contributed by atoms with Crippen LogP contribution in [0, 0.1) is 0 Å². The minimum atomic E-state index is -0.509. The monoisotopic (exact) mass is 383 g/mol. The third-order valence-corrected chi connectivity index (χ3v) is 3.89. The number of halogens is 1. The molecule has 138 valence electrons. The Kier molecular flexibility index (Phi) is 5.94. The molecule has 1 heterocycles. The van der Waals surface area contributed by atoms with Crippen molar-refractivity contribution < 1.29 is 19.0 Å². The highest BCUT2D eigenvalue weighted by Crippen LogP contribution is 2.30. The molecule has 0 atom stereocenters. The van der Waals surface area contributed by atoms with Crippen molar-refractivity contribution in [2.24, 2.45) is 4.99 Å². The molecule has 0 saturated heterocycles. The molecule has 2 aromatic carbocycles. The van der Waals surface area contributed by atoms with Gasteiger partial charge in [0, 0.05) is 10.6 Å². The van der Waals surface area contributed by atoms with E-state index in [-0.39, 0.29) is 11.6 Å². The average molecular weight is 384 g/mol. The smallest absolute Gasteiger partial charge is 0.363 e. The highest BCUT2D eigenvalue weighted by atomic mass is 35.5. The lowest BCUT2D eigenvalue weighted by Crippen LogP contribution is -2.05. The van der Waals surface area contributed by atoms with E-state index in [2.05, 4.69) is 11.6 Å². The number of nitrogens with zero attached hydrogens (tertiary/aromatic N) is 1. The maximum absolute atomic E-state index is 12.2. The summed E-state index contributed by atoms with van der Waals surface area (Å²) in [5.41, 5.74) is 1.64. The van der Waals surface area contributed by atoms with E-state index < -0.39 is 5.97 Å². The molecule has 5 nitrogen and oxygen atoms in total. The van der Waals surface area contributed by atoms with E-state index in [9.17, 15) is 4.79 Å². The van der Waals surface area contributed by atoms with Crippen molar-refractivity contribution in [1.82, 2.24) is 0 Å². The Balaban J connectivity index is 1.88. The van der Waals surface area contributed by atoms with E-state index in [4.69, 9.17) is 25.8 Å². The van der Waals surface area contributed by atoms with Crippen LogP contribution in [-0.4, -0.2) is 25.1 Å². The number of carbonyl (C=O) groups excluding carboxylic acids is 1. The van der Waals surface area contributed by atoms with Crippen molar-refractivity contribution in [3.05, 3.63) is 77.0 Å². The van der Waals surface area contributed by atoms with Crippen LogP contribution in [0.1, 0.15) is 18.1 Å². The summed E-state index contributed by atoms with van der Waals surface area (Å²) in [5.74, 6) is 0.934. The first-order chi connectivity index (χ1) is 13.1. The quantitative estimate of drug-likeness (QED) is 0.397. The van der Waals surface area contributed by atoms with Gasteiger partial charge in [0.15, 0.2) is 17.2 Å². The number of rotatable bonds is 7. The van der Waals surface area contributed by atoms with Crippen molar-refractivity contribution in [2.75, 3.05) is 13.2 Å². The van der Waals surface area contributed by atoms with Gasteiger partial charge >= 0.3 is 5.97 Å². The largest absolute Gasteiger partial charge is 0.490 e. The van der Waals surface area contributed by atoms with Gasteiger partial charge in [0.2, 0.25) is 5.90 Å². The molecule has 27 heavy (non-hydrogen) atoms. The number of esters is 1. The van der Waals surface area contributed by atoms with Crippen LogP contribution in [0.15, 0.2) is 65.8 Å². The molecular formula is C21H18ClNO4. The number of carbonyl (C=O) groups is 1. The van der Waals surface area contributed by atoms with Crippen molar-refractivity contribution in [2.45, 2.75) is 6.92 Å². The average Bonchev–Trinajstić information content (AvgIpc) is 3.02. The molecule has 0 aliphatic carbocycles. The van der Waals surface area contributed by atoms with Crippen molar-refractivity contribution in [1.29, 1.82) is 0 Å². The lowest BCUT2D eigenvalue weighted by atomic mass is 10.1. The molecule has 2 aromatic rings. The molecule has 0 bridgehead atoms. The zero-order chi connectivity index (χ0) is 19.2. The minimum Gasteiger partial charge on any atom is -0.490 e. The summed E-state index contributed by atoms with van der Waals surface area (Å²) < 4.78 is 16.4. The maximum Gasteiger partial charge on any atom is 0.363 e. The Labute approximate surface area is 162 Å². The van der Waals surface area contributed by atoms with Crippen LogP contribution >= 0.6 is 11.6 Å². The number of ether oxygens (including phenoxy) is 3. The van der Waals surface area contributed by atoms with Crippen LogP contribution in [0.2, 0.25) is 5.02 Å². The SMILES string of the molecule is C=CCOc1ccc(C=C2N=C(c3ccc(Cl)cc3)OC2=O)cc1OCC. The zero-order valence-corrected chi connectivity index (χ0v) is 15.5. The van der Waals surface area contributed by atoms with Crippen molar-refractivity contribution in [3.63, 3.8) is 0 Å². The molecule has 0 radical (unpaired) electrons. The lowest BCUT2D eigenvalue weighted by molar-refractivity contribution is -0.129. The Bertz CT molecular complexity index is 916. The predicted molar refractivity (Wildman–Crippen MR) is 105 cm³/mol. The van der Waals surface area contributed by atoms with Gasteiger partial charge in [-0.2, -0.15) is 0 Å². The van der Waals surface area contributed by atoms with Crippen LogP contribution < -0.4 is 9.47 Å². The van der Waals surface area contributed by atoms with Gasteiger partial charge in [-0.05, 0) is 55.0 Å². The number of aliphatic imine (C=N–C) groups is 1. The number of hydrogen-bond acceptors (Lipinski definition) is 5. The highest BCUT2D eigenvalue weighted by molar-refractivity contribution is 6.30. The van der Waals surface area contributed by atoms with Gasteiger partial charge in [-0.1, -0.05) is 30.3 Å². The molecule has 3 rings (SSSR count). The molecule has 0 aromatic heterocycles. The zero-order valence-electron chi connectivity index (χ0n) is 14.8. The standard InChI is InChI=1S/C21H18ClNO4/c1-3-11-26-18-10-5-14(13-19(18)25-4-2)12-17-21(24)27-20(23-17)15-6-8-16(22)9-7-15/h3,5-10,12-13H,1,4,11H2,2H3. The van der Waals surface area contributed by atoms with Gasteiger partial charge in [0.25, 0.3) is 0 Å². The Morgan fingerprint density at radius 1 is 1.15 bits per heavy atom. The molecule has 0 spiro atoms. The van der Waals surface area contributed by atoms with Crippen molar-refractivity contribution >= 4 is 29.5 Å². The predicted octanol–water partition coefficient (Wildman–Crippen LogP) is 4.65. The Hall–Kier alpha value is -3.05. The minimum absolute atomic E-state index is 0.210. The summed E-state index contributed by atoms with van der Waals surface area (Å²) in [6.07, 6.45) is 3.30. The fourth-order valence-corrected chi connectivity index (χ4v) is 2.56. The Morgan fingerprint density at radius 3 is 2.63 bits per heavy atom. The van der Waals surface area contributed by atoms with Gasteiger partial charge < -0.3 is 14.2 Å². The highest BCUT2D eigenvalue weighted by Gasteiger charge is 2.24. The van der Waals surface area contributed by atoms with Crippen LogP contribution in [0.3, 0.4) is 0 Å². The molecule has 1 aliphatic rings. The third kappa shape index (κ3) is 4.57. The second kappa shape index (κ2) is 8.56. The second-order valence-corrected chi connectivity index (χ2v) is 6.02. The van der Waals surface area contributed by atoms with Crippen molar-refractivity contribution in [3.8, 4) is 11.5 Å². The summed E-state index contributed by atoms with van der Waals surface area (Å²) in [5, 5.41) is 0.599. The first kappa shape index (κ1) is 18.7. The number of cyclic esters (lactones) is 1.